The van der Waals surface area contributed by atoms with Gasteiger partial charge in [-0.3, -0.25) is 9.69 Å². The first kappa shape index (κ1) is 16.4. The fourth-order valence-electron chi connectivity index (χ4n) is 2.50. The molecular weight excluding hydrogens is 244 g/mol. The molecular formula is C14H28N2O3. The number of nitrogens with one attached hydrogen (secondary N) is 1. The van der Waals surface area contributed by atoms with E-state index in [2.05, 4.69) is 26.1 Å². The molecule has 1 heterocycles. The predicted octanol–water partition coefficient (Wildman–Crippen LogP) is 0.778. The lowest BCUT2D eigenvalue weighted by molar-refractivity contribution is -0.139. The third-order valence-electron chi connectivity index (χ3n) is 3.52. The number of aliphatic carboxylic acids is 1. The maximum absolute atomic E-state index is 10.8. The Morgan fingerprint density at radius 3 is 2.53 bits per heavy atom. The highest BCUT2D eigenvalue weighted by Crippen LogP contribution is 2.21. The van der Waals surface area contributed by atoms with E-state index in [9.17, 15) is 9.90 Å². The van der Waals surface area contributed by atoms with Gasteiger partial charge in [0.05, 0.1) is 12.6 Å². The second-order valence-electron chi connectivity index (χ2n) is 6.96. The molecule has 1 saturated heterocycles. The monoisotopic (exact) mass is 272 g/mol. The van der Waals surface area contributed by atoms with Gasteiger partial charge in [-0.2, -0.15) is 0 Å². The lowest BCUT2D eigenvalue weighted by Crippen LogP contribution is -2.53. The number of aliphatic hydroxyl groups excluding tert-OH is 1. The number of hydrogen-bond donors (Lipinski definition) is 3. The van der Waals surface area contributed by atoms with Crippen LogP contribution in [-0.2, 0) is 4.79 Å². The second-order valence-corrected chi connectivity index (χ2v) is 6.96. The zero-order chi connectivity index (χ0) is 14.6. The molecule has 1 aliphatic rings. The third-order valence-corrected chi connectivity index (χ3v) is 3.52. The molecule has 112 valence electrons. The second kappa shape index (κ2) is 6.68. The first-order chi connectivity index (χ1) is 8.67. The molecule has 1 rings (SSSR count). The summed E-state index contributed by atoms with van der Waals surface area (Å²) in [6, 6.07) is 0.256. The molecule has 0 spiro atoms. The Morgan fingerprint density at radius 1 is 1.42 bits per heavy atom. The Bertz CT molecular complexity index is 300. The molecule has 3 atom stereocenters. The fraction of sp³-hybridized carbons (Fsp3) is 0.929. The number of carbonyl (C=O) groups is 1. The standard InChI is InChI=1S/C14H28N2O3/c1-10(17)11-5-12(15-9-14(2,3)4)7-16(6-11)8-13(18)19/h10-12,15,17H,5-9H2,1-4H3,(H,18,19). The lowest BCUT2D eigenvalue weighted by atomic mass is 9.89. The van der Waals surface area contributed by atoms with Gasteiger partial charge >= 0.3 is 5.97 Å². The highest BCUT2D eigenvalue weighted by molar-refractivity contribution is 5.69. The van der Waals surface area contributed by atoms with E-state index in [1.54, 1.807) is 6.92 Å². The first-order valence-electron chi connectivity index (χ1n) is 7.03. The summed E-state index contributed by atoms with van der Waals surface area (Å²) >= 11 is 0. The number of aliphatic hydroxyl groups is 1. The summed E-state index contributed by atoms with van der Waals surface area (Å²) in [5, 5.41) is 22.2. The van der Waals surface area contributed by atoms with Gasteiger partial charge in [-0.1, -0.05) is 20.8 Å². The average Bonchev–Trinajstić information content (AvgIpc) is 2.24. The van der Waals surface area contributed by atoms with E-state index in [1.807, 2.05) is 4.90 Å². The molecule has 5 heteroatoms. The Balaban J connectivity index is 2.57. The van der Waals surface area contributed by atoms with Gasteiger partial charge in [0.15, 0.2) is 0 Å². The van der Waals surface area contributed by atoms with E-state index in [0.29, 0.717) is 6.54 Å². The number of likely N-dealkylation sites (tertiary alicyclic amines) is 1. The van der Waals surface area contributed by atoms with Crippen LogP contribution in [-0.4, -0.2) is 59.4 Å². The number of rotatable bonds is 5. The Labute approximate surface area is 116 Å². The van der Waals surface area contributed by atoms with Gasteiger partial charge in [0.1, 0.15) is 0 Å². The van der Waals surface area contributed by atoms with Gasteiger partial charge in [-0.05, 0) is 24.7 Å². The molecule has 0 bridgehead atoms. The van der Waals surface area contributed by atoms with Gasteiger partial charge in [-0.25, -0.2) is 0 Å². The quantitative estimate of drug-likeness (QED) is 0.690. The maximum atomic E-state index is 10.8. The predicted molar refractivity (Wildman–Crippen MR) is 75.1 cm³/mol. The Morgan fingerprint density at radius 2 is 2.05 bits per heavy atom. The highest BCUT2D eigenvalue weighted by atomic mass is 16.4. The van der Waals surface area contributed by atoms with Crippen LogP contribution in [0, 0.1) is 11.3 Å². The molecule has 0 aromatic carbocycles. The average molecular weight is 272 g/mol. The summed E-state index contributed by atoms with van der Waals surface area (Å²) in [5.41, 5.74) is 0.204. The summed E-state index contributed by atoms with van der Waals surface area (Å²) in [7, 11) is 0. The normalized spacial score (nSPS) is 27.2. The fourth-order valence-corrected chi connectivity index (χ4v) is 2.50. The summed E-state index contributed by atoms with van der Waals surface area (Å²) in [6.07, 6.45) is 0.514. The topological polar surface area (TPSA) is 72.8 Å². The van der Waals surface area contributed by atoms with Crippen molar-refractivity contribution < 1.29 is 15.0 Å². The van der Waals surface area contributed by atoms with Gasteiger partial charge in [-0.15, -0.1) is 0 Å². The van der Waals surface area contributed by atoms with Crippen molar-refractivity contribution in [2.45, 2.75) is 46.3 Å². The summed E-state index contributed by atoms with van der Waals surface area (Å²) in [5.74, 6) is -0.661. The van der Waals surface area contributed by atoms with Crippen molar-refractivity contribution >= 4 is 5.97 Å². The van der Waals surface area contributed by atoms with Crippen LogP contribution < -0.4 is 5.32 Å². The molecule has 0 aromatic rings. The molecule has 0 aromatic heterocycles. The molecule has 0 aliphatic carbocycles. The molecule has 0 radical (unpaired) electrons. The van der Waals surface area contributed by atoms with Crippen molar-refractivity contribution in [2.24, 2.45) is 11.3 Å². The summed E-state index contributed by atoms with van der Waals surface area (Å²) in [4.78, 5) is 12.8. The minimum absolute atomic E-state index is 0.0525. The first-order valence-corrected chi connectivity index (χ1v) is 7.03. The van der Waals surface area contributed by atoms with Crippen LogP contribution in [0.25, 0.3) is 0 Å². The van der Waals surface area contributed by atoms with E-state index >= 15 is 0 Å². The van der Waals surface area contributed by atoms with Crippen molar-refractivity contribution in [3.05, 3.63) is 0 Å². The molecule has 3 unspecified atom stereocenters. The van der Waals surface area contributed by atoms with Crippen molar-refractivity contribution in [1.82, 2.24) is 10.2 Å². The van der Waals surface area contributed by atoms with E-state index in [0.717, 1.165) is 19.5 Å². The zero-order valence-electron chi connectivity index (χ0n) is 12.5. The third kappa shape index (κ3) is 6.36. The van der Waals surface area contributed by atoms with Crippen LogP contribution in [0.2, 0.25) is 0 Å². The minimum Gasteiger partial charge on any atom is -0.480 e. The van der Waals surface area contributed by atoms with Gasteiger partial charge < -0.3 is 15.5 Å². The number of carboxylic acid groups (broad SMARTS) is 1. The number of nitrogens with zero attached hydrogens (tertiary/aromatic N) is 1. The van der Waals surface area contributed by atoms with Crippen LogP contribution in [0.3, 0.4) is 0 Å². The van der Waals surface area contributed by atoms with Crippen LogP contribution in [0.15, 0.2) is 0 Å². The van der Waals surface area contributed by atoms with Crippen LogP contribution in [0.1, 0.15) is 34.1 Å². The smallest absolute Gasteiger partial charge is 0.317 e. The van der Waals surface area contributed by atoms with E-state index in [4.69, 9.17) is 5.11 Å². The minimum atomic E-state index is -0.805. The van der Waals surface area contributed by atoms with Gasteiger partial charge in [0, 0.05) is 25.7 Å². The highest BCUT2D eigenvalue weighted by Gasteiger charge is 2.31. The van der Waals surface area contributed by atoms with Crippen molar-refractivity contribution in [3.63, 3.8) is 0 Å². The summed E-state index contributed by atoms with van der Waals surface area (Å²) in [6.45, 7) is 10.7. The van der Waals surface area contributed by atoms with Gasteiger partial charge in [0.25, 0.3) is 0 Å². The molecule has 1 fully saturated rings. The molecule has 0 saturated carbocycles. The van der Waals surface area contributed by atoms with Crippen molar-refractivity contribution in [1.29, 1.82) is 0 Å². The summed E-state index contributed by atoms with van der Waals surface area (Å²) < 4.78 is 0. The van der Waals surface area contributed by atoms with E-state index in [1.165, 1.54) is 0 Å². The van der Waals surface area contributed by atoms with Gasteiger partial charge in [0.2, 0.25) is 0 Å². The Hall–Kier alpha value is -0.650. The van der Waals surface area contributed by atoms with Crippen LogP contribution in [0.5, 0.6) is 0 Å². The van der Waals surface area contributed by atoms with Crippen molar-refractivity contribution in [3.8, 4) is 0 Å². The molecule has 3 N–H and O–H groups in total. The van der Waals surface area contributed by atoms with Crippen LogP contribution in [0.4, 0.5) is 0 Å². The van der Waals surface area contributed by atoms with E-state index < -0.39 is 12.1 Å². The largest absolute Gasteiger partial charge is 0.480 e. The molecule has 5 nitrogen and oxygen atoms in total. The van der Waals surface area contributed by atoms with E-state index in [-0.39, 0.29) is 23.9 Å². The number of piperidine rings is 1. The Kier molecular flexibility index (Phi) is 5.77. The molecule has 0 amide bonds. The molecule has 19 heavy (non-hydrogen) atoms. The SMILES string of the molecule is CC(O)C1CC(NCC(C)(C)C)CN(CC(=O)O)C1. The maximum Gasteiger partial charge on any atom is 0.317 e. The number of carboxylic acids is 1. The lowest BCUT2D eigenvalue weighted by Gasteiger charge is -2.39. The zero-order valence-corrected chi connectivity index (χ0v) is 12.5. The number of hydrogen-bond acceptors (Lipinski definition) is 4. The molecule has 1 aliphatic heterocycles. The van der Waals surface area contributed by atoms with Crippen molar-refractivity contribution in [2.75, 3.05) is 26.2 Å². The van der Waals surface area contributed by atoms with Crippen LogP contribution >= 0.6 is 0 Å².